The highest BCUT2D eigenvalue weighted by molar-refractivity contribution is 4.69. The van der Waals surface area contributed by atoms with Crippen molar-refractivity contribution in [2.24, 2.45) is 17.6 Å². The van der Waals surface area contributed by atoms with Crippen LogP contribution in [0.15, 0.2) is 0 Å². The summed E-state index contributed by atoms with van der Waals surface area (Å²) in [6, 6.07) is 0. The average Bonchev–Trinajstić information content (AvgIpc) is 2.03. The Balaban J connectivity index is 3.90. The molecule has 0 aliphatic heterocycles. The minimum Gasteiger partial charge on any atom is -0.330 e. The summed E-state index contributed by atoms with van der Waals surface area (Å²) in [4.78, 5) is 2.29. The van der Waals surface area contributed by atoms with Gasteiger partial charge < -0.3 is 10.6 Å². The van der Waals surface area contributed by atoms with Crippen molar-refractivity contribution in [2.45, 2.75) is 33.1 Å². The second kappa shape index (κ2) is 7.34. The Hall–Kier alpha value is -0.0800. The van der Waals surface area contributed by atoms with Crippen LogP contribution in [0.5, 0.6) is 0 Å². The monoisotopic (exact) mass is 186 g/mol. The summed E-state index contributed by atoms with van der Waals surface area (Å²) in [5.41, 5.74) is 5.58. The Morgan fingerprint density at radius 3 is 2.23 bits per heavy atom. The lowest BCUT2D eigenvalue weighted by molar-refractivity contribution is 0.236. The lowest BCUT2D eigenvalue weighted by Crippen LogP contribution is -2.27. The molecule has 0 aromatic rings. The summed E-state index contributed by atoms with van der Waals surface area (Å²) in [5, 5.41) is 0. The fraction of sp³-hybridized carbons (Fsp3) is 1.00. The van der Waals surface area contributed by atoms with Gasteiger partial charge in [-0.05, 0) is 45.3 Å². The fourth-order valence-electron chi connectivity index (χ4n) is 1.89. The number of nitrogens with zero attached hydrogens (tertiary/aromatic N) is 1. The van der Waals surface area contributed by atoms with Gasteiger partial charge >= 0.3 is 0 Å². The van der Waals surface area contributed by atoms with Gasteiger partial charge in [0.05, 0.1) is 0 Å². The quantitative estimate of drug-likeness (QED) is 0.658. The molecule has 80 valence electrons. The maximum absolute atomic E-state index is 5.58. The van der Waals surface area contributed by atoms with E-state index >= 15 is 0 Å². The van der Waals surface area contributed by atoms with E-state index in [4.69, 9.17) is 5.73 Å². The largest absolute Gasteiger partial charge is 0.330 e. The highest BCUT2D eigenvalue weighted by Gasteiger charge is 2.16. The van der Waals surface area contributed by atoms with Crippen LogP contribution in [0, 0.1) is 11.8 Å². The molecule has 0 aliphatic carbocycles. The van der Waals surface area contributed by atoms with Crippen molar-refractivity contribution in [3.8, 4) is 0 Å². The highest BCUT2D eigenvalue weighted by atomic mass is 15.1. The molecule has 0 bridgehead atoms. The molecule has 0 radical (unpaired) electrons. The van der Waals surface area contributed by atoms with E-state index in [9.17, 15) is 0 Å². The van der Waals surface area contributed by atoms with Crippen molar-refractivity contribution in [3.63, 3.8) is 0 Å². The smallest absolute Gasteiger partial charge is 0.000611 e. The van der Waals surface area contributed by atoms with Crippen molar-refractivity contribution >= 4 is 0 Å². The highest BCUT2D eigenvalue weighted by Crippen LogP contribution is 2.20. The zero-order valence-corrected chi connectivity index (χ0v) is 9.71. The zero-order valence-electron chi connectivity index (χ0n) is 9.71. The second-order valence-corrected chi connectivity index (χ2v) is 4.37. The molecule has 2 N–H and O–H groups in total. The molecule has 2 nitrogen and oxygen atoms in total. The van der Waals surface area contributed by atoms with Crippen LogP contribution < -0.4 is 5.73 Å². The van der Waals surface area contributed by atoms with Gasteiger partial charge in [-0.15, -0.1) is 0 Å². The summed E-state index contributed by atoms with van der Waals surface area (Å²) in [5.74, 6) is 1.59. The van der Waals surface area contributed by atoms with Crippen LogP contribution >= 0.6 is 0 Å². The summed E-state index contributed by atoms with van der Waals surface area (Å²) in [6.45, 7) is 6.62. The van der Waals surface area contributed by atoms with E-state index in [0.717, 1.165) is 18.4 Å². The molecule has 13 heavy (non-hydrogen) atoms. The Morgan fingerprint density at radius 2 is 1.85 bits per heavy atom. The molecule has 2 unspecified atom stereocenters. The summed E-state index contributed by atoms with van der Waals surface area (Å²) in [7, 11) is 4.30. The normalized spacial score (nSPS) is 16.2. The Morgan fingerprint density at radius 1 is 1.23 bits per heavy atom. The zero-order chi connectivity index (χ0) is 10.3. The van der Waals surface area contributed by atoms with Gasteiger partial charge in [-0.1, -0.05) is 20.3 Å². The lowest BCUT2D eigenvalue weighted by atomic mass is 9.87. The van der Waals surface area contributed by atoms with Crippen LogP contribution in [-0.2, 0) is 0 Å². The third kappa shape index (κ3) is 6.05. The molecule has 0 amide bonds. The van der Waals surface area contributed by atoms with Crippen LogP contribution in [0.3, 0.4) is 0 Å². The van der Waals surface area contributed by atoms with Crippen molar-refractivity contribution in [3.05, 3.63) is 0 Å². The summed E-state index contributed by atoms with van der Waals surface area (Å²) >= 11 is 0. The second-order valence-electron chi connectivity index (χ2n) is 4.37. The van der Waals surface area contributed by atoms with Crippen molar-refractivity contribution < 1.29 is 0 Å². The molecule has 0 rings (SSSR count). The van der Waals surface area contributed by atoms with E-state index in [1.807, 2.05) is 0 Å². The molecule has 0 fully saturated rings. The minimum absolute atomic E-state index is 0.771. The van der Waals surface area contributed by atoms with Crippen molar-refractivity contribution in [1.29, 1.82) is 0 Å². The van der Waals surface area contributed by atoms with E-state index in [1.165, 1.54) is 25.8 Å². The van der Waals surface area contributed by atoms with E-state index in [0.29, 0.717) is 0 Å². The maximum Gasteiger partial charge on any atom is 0.000611 e. The first-order valence-corrected chi connectivity index (χ1v) is 5.46. The predicted octanol–water partition coefficient (Wildman–Crippen LogP) is 1.95. The van der Waals surface area contributed by atoms with Gasteiger partial charge in [0.25, 0.3) is 0 Å². The van der Waals surface area contributed by atoms with Gasteiger partial charge in [-0.2, -0.15) is 0 Å². The molecule has 0 aromatic carbocycles. The van der Waals surface area contributed by atoms with Crippen molar-refractivity contribution in [2.75, 3.05) is 27.2 Å². The number of nitrogens with two attached hydrogens (primary N) is 1. The van der Waals surface area contributed by atoms with Gasteiger partial charge in [-0.3, -0.25) is 0 Å². The molecule has 2 atom stereocenters. The first-order valence-electron chi connectivity index (χ1n) is 5.46. The van der Waals surface area contributed by atoms with E-state index in [-0.39, 0.29) is 0 Å². The SMILES string of the molecule is CCCC(CN(C)C)C(C)CCN. The molecule has 0 saturated heterocycles. The predicted molar refractivity (Wildman–Crippen MR) is 59.8 cm³/mol. The van der Waals surface area contributed by atoms with E-state index < -0.39 is 0 Å². The van der Waals surface area contributed by atoms with Gasteiger partial charge in [-0.25, -0.2) is 0 Å². The standard InChI is InChI=1S/C11H26N2/c1-5-6-11(9-13(3)4)10(2)7-8-12/h10-11H,5-9,12H2,1-4H3. The molecule has 0 saturated carbocycles. The Kier molecular flexibility index (Phi) is 7.29. The number of hydrogen-bond donors (Lipinski definition) is 1. The summed E-state index contributed by atoms with van der Waals surface area (Å²) in [6.07, 6.45) is 3.78. The molecule has 2 heteroatoms. The van der Waals surface area contributed by atoms with Gasteiger partial charge in [0, 0.05) is 6.54 Å². The van der Waals surface area contributed by atoms with Crippen LogP contribution in [0.2, 0.25) is 0 Å². The minimum atomic E-state index is 0.771. The first-order chi connectivity index (χ1) is 6.11. The molecule has 0 aromatic heterocycles. The number of hydrogen-bond acceptors (Lipinski definition) is 2. The topological polar surface area (TPSA) is 29.3 Å². The molecule has 0 aliphatic rings. The van der Waals surface area contributed by atoms with Crippen LogP contribution in [0.4, 0.5) is 0 Å². The maximum atomic E-state index is 5.58. The average molecular weight is 186 g/mol. The Bertz CT molecular complexity index is 113. The molecular formula is C11H26N2. The lowest BCUT2D eigenvalue weighted by Gasteiger charge is -2.26. The van der Waals surface area contributed by atoms with E-state index in [2.05, 4.69) is 32.8 Å². The Labute approximate surface area is 83.5 Å². The van der Waals surface area contributed by atoms with Crippen LogP contribution in [-0.4, -0.2) is 32.1 Å². The third-order valence-corrected chi connectivity index (χ3v) is 2.69. The summed E-state index contributed by atoms with van der Waals surface area (Å²) < 4.78 is 0. The molecule has 0 spiro atoms. The first kappa shape index (κ1) is 12.9. The van der Waals surface area contributed by atoms with Crippen LogP contribution in [0.1, 0.15) is 33.1 Å². The van der Waals surface area contributed by atoms with Gasteiger partial charge in [0.2, 0.25) is 0 Å². The number of rotatable bonds is 7. The van der Waals surface area contributed by atoms with Gasteiger partial charge in [0.1, 0.15) is 0 Å². The molecule has 0 heterocycles. The van der Waals surface area contributed by atoms with Gasteiger partial charge in [0.15, 0.2) is 0 Å². The third-order valence-electron chi connectivity index (χ3n) is 2.69. The molecular weight excluding hydrogens is 160 g/mol. The van der Waals surface area contributed by atoms with Crippen molar-refractivity contribution in [1.82, 2.24) is 4.90 Å². The fourth-order valence-corrected chi connectivity index (χ4v) is 1.89. The van der Waals surface area contributed by atoms with Crippen LogP contribution in [0.25, 0.3) is 0 Å². The van der Waals surface area contributed by atoms with E-state index in [1.54, 1.807) is 0 Å².